The Bertz CT molecular complexity index is 617. The second kappa shape index (κ2) is 8.47. The standard InChI is InChI=1S/C20H28N2O/c1-4-13-23-19-11-10-17(14-18(19)21)9-6-12-22-20-15(2)7-5-8-16(20)3/h5,7-8,10-11,14,22H,4,6,9,12-13,21H2,1-3H3. The van der Waals surface area contributed by atoms with Crippen LogP contribution in [0.25, 0.3) is 0 Å². The number of anilines is 2. The van der Waals surface area contributed by atoms with E-state index in [1.54, 1.807) is 0 Å². The Morgan fingerprint density at radius 2 is 1.83 bits per heavy atom. The van der Waals surface area contributed by atoms with Crippen LogP contribution in [0.4, 0.5) is 11.4 Å². The third-order valence-corrected chi connectivity index (χ3v) is 3.96. The van der Waals surface area contributed by atoms with Gasteiger partial charge in [-0.3, -0.25) is 0 Å². The molecule has 2 aromatic rings. The summed E-state index contributed by atoms with van der Waals surface area (Å²) in [6.45, 7) is 8.05. The van der Waals surface area contributed by atoms with Crippen LogP contribution in [0.1, 0.15) is 36.5 Å². The van der Waals surface area contributed by atoms with Crippen LogP contribution >= 0.6 is 0 Å². The van der Waals surface area contributed by atoms with E-state index < -0.39 is 0 Å². The second-order valence-electron chi connectivity index (χ2n) is 6.02. The van der Waals surface area contributed by atoms with E-state index >= 15 is 0 Å². The van der Waals surface area contributed by atoms with E-state index in [2.05, 4.69) is 50.4 Å². The third kappa shape index (κ3) is 4.92. The summed E-state index contributed by atoms with van der Waals surface area (Å²) in [6, 6.07) is 12.5. The summed E-state index contributed by atoms with van der Waals surface area (Å²) >= 11 is 0. The molecule has 0 unspecified atom stereocenters. The van der Waals surface area contributed by atoms with Gasteiger partial charge >= 0.3 is 0 Å². The molecule has 0 atom stereocenters. The molecule has 0 aliphatic heterocycles. The van der Waals surface area contributed by atoms with Crippen LogP contribution in [0, 0.1) is 13.8 Å². The van der Waals surface area contributed by atoms with Gasteiger partial charge in [0.15, 0.2) is 0 Å². The van der Waals surface area contributed by atoms with Crippen molar-refractivity contribution in [3.63, 3.8) is 0 Å². The number of hydrogen-bond donors (Lipinski definition) is 2. The number of hydrogen-bond acceptors (Lipinski definition) is 3. The summed E-state index contributed by atoms with van der Waals surface area (Å²) in [5.74, 6) is 0.796. The van der Waals surface area contributed by atoms with Gasteiger partial charge in [-0.2, -0.15) is 0 Å². The average molecular weight is 312 g/mol. The van der Waals surface area contributed by atoms with Crippen LogP contribution in [0.2, 0.25) is 0 Å². The third-order valence-electron chi connectivity index (χ3n) is 3.96. The molecule has 0 aromatic heterocycles. The summed E-state index contributed by atoms with van der Waals surface area (Å²) in [6.07, 6.45) is 3.07. The van der Waals surface area contributed by atoms with Gasteiger partial charge in [-0.05, 0) is 61.9 Å². The molecular formula is C20H28N2O. The minimum absolute atomic E-state index is 0.712. The lowest BCUT2D eigenvalue weighted by molar-refractivity contribution is 0.319. The molecule has 0 heterocycles. The molecular weight excluding hydrogens is 284 g/mol. The van der Waals surface area contributed by atoms with Gasteiger partial charge < -0.3 is 15.8 Å². The number of benzene rings is 2. The normalized spacial score (nSPS) is 10.6. The molecule has 23 heavy (non-hydrogen) atoms. The monoisotopic (exact) mass is 312 g/mol. The molecule has 2 rings (SSSR count). The predicted molar refractivity (Wildman–Crippen MR) is 99.4 cm³/mol. The average Bonchev–Trinajstić information content (AvgIpc) is 2.53. The van der Waals surface area contributed by atoms with Crippen LogP contribution in [0.5, 0.6) is 5.75 Å². The first-order chi connectivity index (χ1) is 11.1. The lowest BCUT2D eigenvalue weighted by Crippen LogP contribution is -2.06. The Balaban J connectivity index is 1.83. The Morgan fingerprint density at radius 3 is 2.48 bits per heavy atom. The number of nitrogens with one attached hydrogen (secondary N) is 1. The number of nitrogens with two attached hydrogens (primary N) is 1. The van der Waals surface area contributed by atoms with Gasteiger partial charge in [0.2, 0.25) is 0 Å². The van der Waals surface area contributed by atoms with Gasteiger partial charge in [0.05, 0.1) is 12.3 Å². The van der Waals surface area contributed by atoms with Crippen LogP contribution in [0.3, 0.4) is 0 Å². The maximum Gasteiger partial charge on any atom is 0.142 e. The molecule has 124 valence electrons. The molecule has 0 saturated carbocycles. The highest BCUT2D eigenvalue weighted by atomic mass is 16.5. The van der Waals surface area contributed by atoms with E-state index in [9.17, 15) is 0 Å². The fraction of sp³-hybridized carbons (Fsp3) is 0.400. The number of nitrogen functional groups attached to an aromatic ring is 1. The summed E-state index contributed by atoms with van der Waals surface area (Å²) in [7, 11) is 0. The Labute approximate surface area is 139 Å². The molecule has 0 saturated heterocycles. The molecule has 0 aliphatic carbocycles. The maximum absolute atomic E-state index is 6.06. The largest absolute Gasteiger partial charge is 0.491 e. The topological polar surface area (TPSA) is 47.3 Å². The molecule has 2 aromatic carbocycles. The molecule has 0 fully saturated rings. The molecule has 0 aliphatic rings. The lowest BCUT2D eigenvalue weighted by atomic mass is 10.1. The van der Waals surface area contributed by atoms with Crippen molar-refractivity contribution in [1.82, 2.24) is 0 Å². The van der Waals surface area contributed by atoms with Gasteiger partial charge in [-0.15, -0.1) is 0 Å². The van der Waals surface area contributed by atoms with Crippen molar-refractivity contribution in [2.45, 2.75) is 40.0 Å². The van der Waals surface area contributed by atoms with Crippen molar-refractivity contribution in [3.05, 3.63) is 53.1 Å². The SMILES string of the molecule is CCCOc1ccc(CCCNc2c(C)cccc2C)cc1N. The van der Waals surface area contributed by atoms with E-state index in [4.69, 9.17) is 10.5 Å². The zero-order valence-corrected chi connectivity index (χ0v) is 14.5. The minimum atomic E-state index is 0.712. The maximum atomic E-state index is 6.06. The fourth-order valence-corrected chi connectivity index (χ4v) is 2.70. The molecule has 3 nitrogen and oxygen atoms in total. The number of rotatable bonds is 8. The van der Waals surface area contributed by atoms with Gasteiger partial charge in [0, 0.05) is 12.2 Å². The van der Waals surface area contributed by atoms with Crippen LogP contribution in [-0.4, -0.2) is 13.2 Å². The van der Waals surface area contributed by atoms with Crippen molar-refractivity contribution in [1.29, 1.82) is 0 Å². The molecule has 3 N–H and O–H groups in total. The fourth-order valence-electron chi connectivity index (χ4n) is 2.70. The highest BCUT2D eigenvalue weighted by Gasteiger charge is 2.03. The molecule has 0 amide bonds. The number of para-hydroxylation sites is 1. The predicted octanol–water partition coefficient (Wildman–Crippen LogP) is 4.72. The van der Waals surface area contributed by atoms with Gasteiger partial charge in [-0.1, -0.05) is 31.2 Å². The molecule has 0 bridgehead atoms. The van der Waals surface area contributed by atoms with Crippen LogP contribution < -0.4 is 15.8 Å². The molecule has 0 radical (unpaired) electrons. The summed E-state index contributed by atoms with van der Waals surface area (Å²) in [5.41, 5.74) is 11.9. The quantitative estimate of drug-likeness (QED) is 0.548. The zero-order valence-electron chi connectivity index (χ0n) is 14.5. The van der Waals surface area contributed by atoms with Crippen molar-refractivity contribution in [3.8, 4) is 5.75 Å². The highest BCUT2D eigenvalue weighted by Crippen LogP contribution is 2.24. The first-order valence-electron chi connectivity index (χ1n) is 8.43. The highest BCUT2D eigenvalue weighted by molar-refractivity contribution is 5.56. The van der Waals surface area contributed by atoms with Crippen LogP contribution in [0.15, 0.2) is 36.4 Å². The molecule has 0 spiro atoms. The first-order valence-corrected chi connectivity index (χ1v) is 8.43. The van der Waals surface area contributed by atoms with Crippen molar-refractivity contribution in [2.75, 3.05) is 24.2 Å². The van der Waals surface area contributed by atoms with E-state index in [-0.39, 0.29) is 0 Å². The van der Waals surface area contributed by atoms with Gasteiger partial charge in [0.25, 0.3) is 0 Å². The smallest absolute Gasteiger partial charge is 0.142 e. The van der Waals surface area contributed by atoms with E-state index in [0.717, 1.165) is 37.2 Å². The van der Waals surface area contributed by atoms with Crippen molar-refractivity contribution >= 4 is 11.4 Å². The van der Waals surface area contributed by atoms with Gasteiger partial charge in [-0.25, -0.2) is 0 Å². The second-order valence-corrected chi connectivity index (χ2v) is 6.02. The van der Waals surface area contributed by atoms with E-state index in [1.165, 1.54) is 22.4 Å². The van der Waals surface area contributed by atoms with E-state index in [1.807, 2.05) is 12.1 Å². The van der Waals surface area contributed by atoms with Crippen LogP contribution in [-0.2, 0) is 6.42 Å². The Kier molecular flexibility index (Phi) is 6.33. The van der Waals surface area contributed by atoms with Gasteiger partial charge in [0.1, 0.15) is 5.75 Å². The lowest BCUT2D eigenvalue weighted by Gasteiger charge is -2.13. The summed E-state index contributed by atoms with van der Waals surface area (Å²) < 4.78 is 5.61. The summed E-state index contributed by atoms with van der Waals surface area (Å²) in [5, 5.41) is 3.55. The number of aryl methyl sites for hydroxylation is 3. The van der Waals surface area contributed by atoms with Crippen molar-refractivity contribution < 1.29 is 4.74 Å². The van der Waals surface area contributed by atoms with E-state index in [0.29, 0.717) is 6.61 Å². The zero-order chi connectivity index (χ0) is 16.7. The Morgan fingerprint density at radius 1 is 1.09 bits per heavy atom. The first kappa shape index (κ1) is 17.2. The minimum Gasteiger partial charge on any atom is -0.491 e. The molecule has 3 heteroatoms. The Hall–Kier alpha value is -2.16. The summed E-state index contributed by atoms with van der Waals surface area (Å²) in [4.78, 5) is 0. The van der Waals surface area contributed by atoms with Crippen molar-refractivity contribution in [2.24, 2.45) is 0 Å². The number of ether oxygens (including phenoxy) is 1.